The Bertz CT molecular complexity index is 358. The van der Waals surface area contributed by atoms with Gasteiger partial charge in [-0.3, -0.25) is 0 Å². The highest BCUT2D eigenvalue weighted by molar-refractivity contribution is 6.20. The summed E-state index contributed by atoms with van der Waals surface area (Å²) in [5.74, 6) is 1.58. The number of aryl methyl sites for hydroxylation is 1. The van der Waals surface area contributed by atoms with Crippen LogP contribution in [0.1, 0.15) is 43.7 Å². The zero-order valence-electron chi connectivity index (χ0n) is 11.0. The van der Waals surface area contributed by atoms with Gasteiger partial charge in [0.2, 0.25) is 0 Å². The Kier molecular flexibility index (Phi) is 4.50. The maximum Gasteiger partial charge on any atom is 0.0367 e. The van der Waals surface area contributed by atoms with E-state index in [1.807, 2.05) is 0 Å². The standard InChI is InChI=1S/C16H23Cl/c1-3-13-7-8-16(17)15(10-13)11-14-6-4-5-12(2)9-14/h4-6,9,13,15-16H,3,7-8,10-11H2,1-2H3. The van der Waals surface area contributed by atoms with Gasteiger partial charge in [-0.25, -0.2) is 0 Å². The van der Waals surface area contributed by atoms with Crippen LogP contribution in [-0.4, -0.2) is 5.38 Å². The lowest BCUT2D eigenvalue weighted by atomic mass is 9.77. The van der Waals surface area contributed by atoms with Gasteiger partial charge in [0.05, 0.1) is 0 Å². The van der Waals surface area contributed by atoms with Crippen molar-refractivity contribution in [3.05, 3.63) is 35.4 Å². The molecule has 0 aromatic heterocycles. The summed E-state index contributed by atoms with van der Waals surface area (Å²) in [5, 5.41) is 0.387. The smallest absolute Gasteiger partial charge is 0.0367 e. The van der Waals surface area contributed by atoms with Gasteiger partial charge in [-0.2, -0.15) is 0 Å². The number of alkyl halides is 1. The third-order valence-corrected chi connectivity index (χ3v) is 4.73. The second kappa shape index (κ2) is 5.91. The second-order valence-electron chi connectivity index (χ2n) is 5.56. The van der Waals surface area contributed by atoms with E-state index in [0.29, 0.717) is 11.3 Å². The lowest BCUT2D eigenvalue weighted by Gasteiger charge is -2.32. The van der Waals surface area contributed by atoms with Gasteiger partial charge in [0.1, 0.15) is 0 Å². The molecule has 3 atom stereocenters. The van der Waals surface area contributed by atoms with Crippen molar-refractivity contribution >= 4 is 11.6 Å². The van der Waals surface area contributed by atoms with E-state index >= 15 is 0 Å². The van der Waals surface area contributed by atoms with Crippen LogP contribution in [-0.2, 0) is 6.42 Å². The predicted octanol–water partition coefficient (Wildman–Crippen LogP) is 4.97. The fraction of sp³-hybridized carbons (Fsp3) is 0.625. The third kappa shape index (κ3) is 3.48. The molecular weight excluding hydrogens is 228 g/mol. The molecule has 2 rings (SSSR count). The molecule has 0 saturated heterocycles. The monoisotopic (exact) mass is 250 g/mol. The summed E-state index contributed by atoms with van der Waals surface area (Å²) in [6.07, 6.45) is 6.32. The summed E-state index contributed by atoms with van der Waals surface area (Å²) in [4.78, 5) is 0. The van der Waals surface area contributed by atoms with Crippen molar-refractivity contribution in [3.63, 3.8) is 0 Å². The van der Waals surface area contributed by atoms with Gasteiger partial charge in [-0.05, 0) is 50.0 Å². The van der Waals surface area contributed by atoms with Crippen LogP contribution in [0.15, 0.2) is 24.3 Å². The van der Waals surface area contributed by atoms with Crippen LogP contribution in [0.4, 0.5) is 0 Å². The molecule has 0 radical (unpaired) electrons. The van der Waals surface area contributed by atoms with E-state index in [1.54, 1.807) is 0 Å². The fourth-order valence-electron chi connectivity index (χ4n) is 3.05. The first kappa shape index (κ1) is 13.0. The quantitative estimate of drug-likeness (QED) is 0.665. The summed E-state index contributed by atoms with van der Waals surface area (Å²) >= 11 is 6.49. The van der Waals surface area contributed by atoms with E-state index in [9.17, 15) is 0 Å². The normalized spacial score (nSPS) is 29.2. The van der Waals surface area contributed by atoms with Crippen molar-refractivity contribution in [1.29, 1.82) is 0 Å². The van der Waals surface area contributed by atoms with Crippen LogP contribution >= 0.6 is 11.6 Å². The predicted molar refractivity (Wildman–Crippen MR) is 75.6 cm³/mol. The average molecular weight is 251 g/mol. The van der Waals surface area contributed by atoms with E-state index in [-0.39, 0.29) is 0 Å². The molecule has 0 aliphatic heterocycles. The van der Waals surface area contributed by atoms with Crippen molar-refractivity contribution in [2.24, 2.45) is 11.8 Å². The summed E-state index contributed by atoms with van der Waals surface area (Å²) < 4.78 is 0. The van der Waals surface area contributed by atoms with E-state index in [0.717, 1.165) is 12.3 Å². The van der Waals surface area contributed by atoms with Gasteiger partial charge < -0.3 is 0 Å². The van der Waals surface area contributed by atoms with Crippen molar-refractivity contribution in [2.45, 2.75) is 51.3 Å². The molecule has 1 aliphatic carbocycles. The van der Waals surface area contributed by atoms with E-state index in [1.165, 1.54) is 36.8 Å². The van der Waals surface area contributed by atoms with E-state index in [4.69, 9.17) is 11.6 Å². The first-order chi connectivity index (χ1) is 8.19. The van der Waals surface area contributed by atoms with Crippen LogP contribution in [0, 0.1) is 18.8 Å². The zero-order chi connectivity index (χ0) is 12.3. The van der Waals surface area contributed by atoms with Crippen LogP contribution in [0.3, 0.4) is 0 Å². The Morgan fingerprint density at radius 3 is 2.82 bits per heavy atom. The molecule has 0 bridgehead atoms. The van der Waals surface area contributed by atoms with E-state index < -0.39 is 0 Å². The summed E-state index contributed by atoms with van der Waals surface area (Å²) in [6.45, 7) is 4.47. The first-order valence-corrected chi connectivity index (χ1v) is 7.32. The van der Waals surface area contributed by atoms with Crippen LogP contribution in [0.25, 0.3) is 0 Å². The van der Waals surface area contributed by atoms with Crippen LogP contribution < -0.4 is 0 Å². The maximum atomic E-state index is 6.49. The highest BCUT2D eigenvalue weighted by Gasteiger charge is 2.28. The lowest BCUT2D eigenvalue weighted by molar-refractivity contribution is 0.265. The Morgan fingerprint density at radius 1 is 1.29 bits per heavy atom. The number of halogens is 1. The minimum atomic E-state index is 0.387. The highest BCUT2D eigenvalue weighted by atomic mass is 35.5. The van der Waals surface area contributed by atoms with Crippen molar-refractivity contribution < 1.29 is 0 Å². The molecule has 0 heterocycles. The fourth-order valence-corrected chi connectivity index (χ4v) is 3.37. The third-order valence-electron chi connectivity index (χ3n) is 4.16. The number of hydrogen-bond acceptors (Lipinski definition) is 0. The minimum absolute atomic E-state index is 0.387. The molecular formula is C16H23Cl. The van der Waals surface area contributed by atoms with Crippen LogP contribution in [0.2, 0.25) is 0 Å². The Hall–Kier alpha value is -0.490. The van der Waals surface area contributed by atoms with Gasteiger partial charge in [0.25, 0.3) is 0 Å². The molecule has 1 aromatic rings. The molecule has 0 nitrogen and oxygen atoms in total. The Morgan fingerprint density at radius 2 is 2.12 bits per heavy atom. The number of hydrogen-bond donors (Lipinski definition) is 0. The zero-order valence-corrected chi connectivity index (χ0v) is 11.7. The van der Waals surface area contributed by atoms with Gasteiger partial charge in [-0.15, -0.1) is 11.6 Å². The molecule has 17 heavy (non-hydrogen) atoms. The largest absolute Gasteiger partial charge is 0.123 e. The van der Waals surface area contributed by atoms with Gasteiger partial charge >= 0.3 is 0 Å². The molecule has 1 heteroatoms. The average Bonchev–Trinajstić information content (AvgIpc) is 2.32. The molecule has 1 saturated carbocycles. The highest BCUT2D eigenvalue weighted by Crippen LogP contribution is 2.36. The van der Waals surface area contributed by atoms with Crippen molar-refractivity contribution in [2.75, 3.05) is 0 Å². The topological polar surface area (TPSA) is 0 Å². The van der Waals surface area contributed by atoms with Crippen LogP contribution in [0.5, 0.6) is 0 Å². The molecule has 3 unspecified atom stereocenters. The molecule has 94 valence electrons. The Balaban J connectivity index is 2.01. The molecule has 0 spiro atoms. The molecule has 1 aliphatic rings. The minimum Gasteiger partial charge on any atom is -0.123 e. The lowest BCUT2D eigenvalue weighted by Crippen LogP contribution is -2.26. The number of rotatable bonds is 3. The summed E-state index contributed by atoms with van der Waals surface area (Å²) in [6, 6.07) is 8.87. The molecule has 0 N–H and O–H groups in total. The number of benzene rings is 1. The summed E-state index contributed by atoms with van der Waals surface area (Å²) in [7, 11) is 0. The Labute approximate surface area is 110 Å². The van der Waals surface area contributed by atoms with Gasteiger partial charge in [-0.1, -0.05) is 43.2 Å². The van der Waals surface area contributed by atoms with Crippen molar-refractivity contribution in [1.82, 2.24) is 0 Å². The summed E-state index contributed by atoms with van der Waals surface area (Å²) in [5.41, 5.74) is 2.81. The molecule has 1 aromatic carbocycles. The van der Waals surface area contributed by atoms with Gasteiger partial charge in [0, 0.05) is 5.38 Å². The molecule has 1 fully saturated rings. The van der Waals surface area contributed by atoms with E-state index in [2.05, 4.69) is 38.1 Å². The second-order valence-corrected chi connectivity index (χ2v) is 6.12. The first-order valence-electron chi connectivity index (χ1n) is 6.88. The van der Waals surface area contributed by atoms with Crippen molar-refractivity contribution in [3.8, 4) is 0 Å². The SMILES string of the molecule is CCC1CCC(Cl)C(Cc2cccc(C)c2)C1. The molecule has 0 amide bonds. The maximum absolute atomic E-state index is 6.49. The van der Waals surface area contributed by atoms with Gasteiger partial charge in [0.15, 0.2) is 0 Å².